The molecule has 0 aliphatic carbocycles. The molecule has 256 valence electrons. The first-order valence-electron chi connectivity index (χ1n) is 16.7. The maximum Gasteiger partial charge on any atom is 0.407 e. The van der Waals surface area contributed by atoms with Crippen molar-refractivity contribution in [3.63, 3.8) is 0 Å². The molecular weight excluding hydrogens is 587 g/mol. The van der Waals surface area contributed by atoms with Gasteiger partial charge in [-0.2, -0.15) is 12.6 Å². The molecule has 2 N–H and O–H groups in total. The molecular formula is C36H67N3O3S2. The maximum absolute atomic E-state index is 12.3. The van der Waals surface area contributed by atoms with Gasteiger partial charge in [0.25, 0.3) is 5.56 Å². The monoisotopic (exact) mass is 653 g/mol. The molecule has 1 saturated heterocycles. The standard InChI is InChI=1S/C22H25N3O3S.C3H8.5C2H6.CH4S/c1-13(2)28-22(27)23-16-6-9-25(10-7-16)14(3)15-4-5-17-19(12-15)24-21(26)18-8-11-29-20(17)18;1-3-2;6*1-2/h4-5,8,11-13,16H,3,6-7,9-10H2,1-2H3,(H,23,27)(H,24,26);3H2,1-2H3;5*1-2H3;2H,1H3. The first kappa shape index (κ1) is 48.5. The van der Waals surface area contributed by atoms with Gasteiger partial charge in [0, 0.05) is 34.9 Å². The van der Waals surface area contributed by atoms with Crippen LogP contribution in [0.1, 0.15) is 122 Å². The van der Waals surface area contributed by atoms with Gasteiger partial charge in [0.1, 0.15) is 0 Å². The number of rotatable bonds is 4. The number of ether oxygens (including phenoxy) is 1. The van der Waals surface area contributed by atoms with Gasteiger partial charge in [0.2, 0.25) is 0 Å². The van der Waals surface area contributed by atoms with Gasteiger partial charge < -0.3 is 19.9 Å². The van der Waals surface area contributed by atoms with Crippen LogP contribution in [0.4, 0.5) is 4.79 Å². The molecule has 0 radical (unpaired) electrons. The fraction of sp³-hybridized carbons (Fsp3) is 0.611. The van der Waals surface area contributed by atoms with Crippen LogP contribution in [-0.2, 0) is 4.74 Å². The third kappa shape index (κ3) is 17.1. The molecule has 1 aliphatic rings. The van der Waals surface area contributed by atoms with Crippen LogP contribution in [0.25, 0.3) is 26.7 Å². The third-order valence-electron chi connectivity index (χ3n) is 5.30. The van der Waals surface area contributed by atoms with Gasteiger partial charge in [-0.25, -0.2) is 4.79 Å². The van der Waals surface area contributed by atoms with Gasteiger partial charge in [0.05, 0.1) is 17.0 Å². The van der Waals surface area contributed by atoms with Gasteiger partial charge in [-0.05, 0) is 56.0 Å². The van der Waals surface area contributed by atoms with E-state index in [2.05, 4.69) is 60.4 Å². The van der Waals surface area contributed by atoms with E-state index in [-0.39, 0.29) is 23.8 Å². The number of likely N-dealkylation sites (tertiary alicyclic amines) is 1. The van der Waals surface area contributed by atoms with Crippen LogP contribution in [0, 0.1) is 0 Å². The molecule has 8 heteroatoms. The molecule has 2 aromatic heterocycles. The number of benzene rings is 1. The summed E-state index contributed by atoms with van der Waals surface area (Å²) in [6, 6.07) is 8.10. The molecule has 1 aromatic carbocycles. The summed E-state index contributed by atoms with van der Waals surface area (Å²) < 4.78 is 6.18. The fourth-order valence-electron chi connectivity index (χ4n) is 3.80. The van der Waals surface area contributed by atoms with E-state index in [4.69, 9.17) is 4.74 Å². The highest BCUT2D eigenvalue weighted by Gasteiger charge is 2.23. The molecule has 0 bridgehead atoms. The van der Waals surface area contributed by atoms with Crippen molar-refractivity contribution in [2.75, 3.05) is 19.3 Å². The van der Waals surface area contributed by atoms with E-state index in [0.717, 1.165) is 58.2 Å². The number of alkyl carbamates (subject to hydrolysis) is 1. The Hall–Kier alpha value is -2.45. The van der Waals surface area contributed by atoms with E-state index in [1.807, 2.05) is 101 Å². The highest BCUT2D eigenvalue weighted by Crippen LogP contribution is 2.29. The number of thiophene rings is 1. The summed E-state index contributed by atoms with van der Waals surface area (Å²) in [7, 11) is 0. The Morgan fingerprint density at radius 2 is 1.48 bits per heavy atom. The van der Waals surface area contributed by atoms with Crippen molar-refractivity contribution < 1.29 is 9.53 Å². The van der Waals surface area contributed by atoms with Crippen molar-refractivity contribution >= 4 is 56.7 Å². The van der Waals surface area contributed by atoms with Crippen LogP contribution in [0.3, 0.4) is 0 Å². The minimum atomic E-state index is -0.351. The number of nitrogens with one attached hydrogen (secondary N) is 2. The molecule has 1 aliphatic heterocycles. The number of H-pyrrole nitrogens is 1. The van der Waals surface area contributed by atoms with Gasteiger partial charge in [-0.3, -0.25) is 4.79 Å². The maximum atomic E-state index is 12.3. The minimum Gasteiger partial charge on any atom is -0.447 e. The molecule has 1 amide bonds. The summed E-state index contributed by atoms with van der Waals surface area (Å²) in [4.78, 5) is 29.3. The van der Waals surface area contributed by atoms with Crippen LogP contribution >= 0.6 is 24.0 Å². The largest absolute Gasteiger partial charge is 0.447 e. The lowest BCUT2D eigenvalue weighted by Gasteiger charge is -2.35. The zero-order chi connectivity index (χ0) is 35.3. The molecule has 3 aromatic rings. The Balaban J connectivity index is -0.000000465. The minimum absolute atomic E-state index is 0.0586. The van der Waals surface area contributed by atoms with Crippen LogP contribution in [0.5, 0.6) is 0 Å². The fourth-order valence-corrected chi connectivity index (χ4v) is 4.74. The van der Waals surface area contributed by atoms with E-state index in [1.54, 1.807) is 17.6 Å². The molecule has 44 heavy (non-hydrogen) atoms. The molecule has 0 spiro atoms. The van der Waals surface area contributed by atoms with Crippen LogP contribution in [0.2, 0.25) is 0 Å². The second kappa shape index (κ2) is 32.0. The first-order chi connectivity index (χ1) is 21.3. The normalized spacial score (nSPS) is 11.2. The van der Waals surface area contributed by atoms with E-state index in [9.17, 15) is 9.59 Å². The zero-order valence-electron chi connectivity index (χ0n) is 30.8. The smallest absolute Gasteiger partial charge is 0.407 e. The summed E-state index contributed by atoms with van der Waals surface area (Å²) in [5.41, 5.74) is 2.70. The molecule has 3 heterocycles. The first-order valence-corrected chi connectivity index (χ1v) is 18.5. The predicted octanol–water partition coefficient (Wildman–Crippen LogP) is 11.4. The van der Waals surface area contributed by atoms with E-state index in [0.29, 0.717) is 0 Å². The predicted molar refractivity (Wildman–Crippen MR) is 206 cm³/mol. The molecule has 1 fully saturated rings. The van der Waals surface area contributed by atoms with Crippen molar-refractivity contribution in [1.82, 2.24) is 15.2 Å². The number of fused-ring (bicyclic) bond motifs is 3. The van der Waals surface area contributed by atoms with Crippen LogP contribution in [-0.4, -0.2) is 47.5 Å². The van der Waals surface area contributed by atoms with Gasteiger partial charge >= 0.3 is 6.09 Å². The van der Waals surface area contributed by atoms with Crippen molar-refractivity contribution in [3.8, 4) is 0 Å². The number of aromatic nitrogens is 1. The summed E-state index contributed by atoms with van der Waals surface area (Å²) in [6.45, 7) is 33.8. The molecule has 4 rings (SSSR count). The van der Waals surface area contributed by atoms with Crippen molar-refractivity contribution in [2.45, 2.75) is 128 Å². The Morgan fingerprint density at radius 1 is 0.977 bits per heavy atom. The number of amides is 1. The number of carbonyl (C=O) groups excluding carboxylic acids is 1. The number of hydrogen-bond donors (Lipinski definition) is 3. The van der Waals surface area contributed by atoms with Gasteiger partial charge in [-0.1, -0.05) is 108 Å². The molecule has 6 nitrogen and oxygen atoms in total. The van der Waals surface area contributed by atoms with Crippen LogP contribution in [0.15, 0.2) is 41.0 Å². The van der Waals surface area contributed by atoms with E-state index >= 15 is 0 Å². The Morgan fingerprint density at radius 3 is 1.95 bits per heavy atom. The lowest BCUT2D eigenvalue weighted by atomic mass is 10.0. The lowest BCUT2D eigenvalue weighted by Crippen LogP contribution is -2.44. The highest BCUT2D eigenvalue weighted by atomic mass is 32.1. The number of thiol groups is 1. The molecule has 0 unspecified atom stereocenters. The molecule has 0 atom stereocenters. The van der Waals surface area contributed by atoms with E-state index in [1.165, 1.54) is 6.42 Å². The molecule has 0 saturated carbocycles. The van der Waals surface area contributed by atoms with Crippen molar-refractivity contribution in [3.05, 3.63) is 52.1 Å². The van der Waals surface area contributed by atoms with Crippen LogP contribution < -0.4 is 10.9 Å². The highest BCUT2D eigenvalue weighted by molar-refractivity contribution is 7.79. The summed E-state index contributed by atoms with van der Waals surface area (Å²) in [5, 5.41) is 6.67. The second-order valence-corrected chi connectivity index (χ2v) is 9.31. The average Bonchev–Trinajstić information content (AvgIpc) is 3.58. The van der Waals surface area contributed by atoms with Crippen molar-refractivity contribution in [2.24, 2.45) is 0 Å². The SMILES string of the molecule is C=C(c1ccc2c(c1)[nH]c(=O)c1ccsc12)N1CCC(NC(=O)OC(C)C)CC1.CC.CC.CC.CC.CC.CCC.CS. The Bertz CT molecular complexity index is 1150. The average molecular weight is 654 g/mol. The summed E-state index contributed by atoms with van der Waals surface area (Å²) in [6.07, 6.45) is 4.15. The van der Waals surface area contributed by atoms with E-state index < -0.39 is 0 Å². The quantitative estimate of drug-likeness (QED) is 0.245. The summed E-state index contributed by atoms with van der Waals surface area (Å²) >= 11 is 5.11. The second-order valence-electron chi connectivity index (χ2n) is 8.39. The summed E-state index contributed by atoms with van der Waals surface area (Å²) in [5.74, 6) is 0. The van der Waals surface area contributed by atoms with Gasteiger partial charge in [-0.15, -0.1) is 11.3 Å². The topological polar surface area (TPSA) is 74.4 Å². The van der Waals surface area contributed by atoms with Crippen molar-refractivity contribution in [1.29, 1.82) is 0 Å². The number of nitrogens with zero attached hydrogens (tertiary/aromatic N) is 1. The number of piperidine rings is 1. The number of hydrogen-bond acceptors (Lipinski definition) is 6. The number of pyridine rings is 1. The lowest BCUT2D eigenvalue weighted by molar-refractivity contribution is 0.108. The zero-order valence-corrected chi connectivity index (χ0v) is 32.5. The Kier molecular flexibility index (Phi) is 35.2. The van der Waals surface area contributed by atoms with Gasteiger partial charge in [0.15, 0.2) is 0 Å². The third-order valence-corrected chi connectivity index (χ3v) is 6.24. The number of carbonyl (C=O) groups is 1. The number of aromatic amines is 1. The Labute approximate surface area is 280 Å².